The van der Waals surface area contributed by atoms with E-state index in [-0.39, 0.29) is 5.91 Å². The summed E-state index contributed by atoms with van der Waals surface area (Å²) in [5.74, 6) is 0.368. The minimum absolute atomic E-state index is 0.343. The molecular formula is C17H28N4OS. The molecule has 1 unspecified atom stereocenters. The number of carbonyl (C=O) groups excluding carboxylic acids is 1. The minimum atomic E-state index is -0.646. The fraction of sp³-hybridized carbons (Fsp3) is 0.529. The first-order valence-electron chi connectivity index (χ1n) is 7.89. The average molecular weight is 337 g/mol. The van der Waals surface area contributed by atoms with Crippen molar-refractivity contribution in [2.75, 3.05) is 19.6 Å². The maximum absolute atomic E-state index is 11.4. The quantitative estimate of drug-likeness (QED) is 0.386. The van der Waals surface area contributed by atoms with E-state index >= 15 is 0 Å². The van der Waals surface area contributed by atoms with E-state index in [1.165, 1.54) is 4.90 Å². The highest BCUT2D eigenvalue weighted by Gasteiger charge is 2.24. The molecule has 6 heteroatoms. The number of primary amides is 1. The third-order valence-corrected chi connectivity index (χ3v) is 4.39. The first kappa shape index (κ1) is 19.4. The molecule has 0 fully saturated rings. The van der Waals surface area contributed by atoms with Gasteiger partial charge in [0, 0.05) is 23.2 Å². The number of carbonyl (C=O) groups is 1. The normalized spacial score (nSPS) is 13.5. The lowest BCUT2D eigenvalue weighted by atomic mass is 9.93. The highest BCUT2D eigenvalue weighted by molar-refractivity contribution is 8.00. The predicted octanol–water partition coefficient (Wildman–Crippen LogP) is 2.23. The monoisotopic (exact) mass is 336 g/mol. The van der Waals surface area contributed by atoms with E-state index in [4.69, 9.17) is 5.73 Å². The molecule has 0 saturated heterocycles. The highest BCUT2D eigenvalue weighted by atomic mass is 32.2. The summed E-state index contributed by atoms with van der Waals surface area (Å²) in [6, 6.07) is 10.3. The zero-order chi connectivity index (χ0) is 17.3. The molecule has 1 rings (SSSR count). The number of guanidine groups is 1. The summed E-state index contributed by atoms with van der Waals surface area (Å²) in [6.45, 7) is 9.69. The number of rotatable bonds is 8. The molecule has 1 aromatic carbocycles. The van der Waals surface area contributed by atoms with Gasteiger partial charge >= 0.3 is 0 Å². The van der Waals surface area contributed by atoms with Gasteiger partial charge in [0.15, 0.2) is 5.96 Å². The number of nitrogens with two attached hydrogens (primary N) is 1. The van der Waals surface area contributed by atoms with Crippen molar-refractivity contribution in [1.82, 2.24) is 10.6 Å². The largest absolute Gasteiger partial charge is 0.369 e. The van der Waals surface area contributed by atoms with E-state index in [1.54, 1.807) is 13.8 Å². The average Bonchev–Trinajstić information content (AvgIpc) is 2.51. The second-order valence-corrected chi connectivity index (χ2v) is 7.58. The Labute approximate surface area is 143 Å². The van der Waals surface area contributed by atoms with Gasteiger partial charge in [0.25, 0.3) is 0 Å². The molecule has 0 saturated carbocycles. The molecule has 5 nitrogen and oxygen atoms in total. The van der Waals surface area contributed by atoms with Gasteiger partial charge in [-0.1, -0.05) is 25.1 Å². The Kier molecular flexibility index (Phi) is 7.95. The summed E-state index contributed by atoms with van der Waals surface area (Å²) >= 11 is 1.81. The second-order valence-electron chi connectivity index (χ2n) is 6.07. The Hall–Kier alpha value is -1.69. The lowest BCUT2D eigenvalue weighted by Crippen LogP contribution is -2.42. The summed E-state index contributed by atoms with van der Waals surface area (Å²) in [5, 5.41) is 6.90. The van der Waals surface area contributed by atoms with Crippen molar-refractivity contribution in [1.29, 1.82) is 0 Å². The first-order valence-corrected chi connectivity index (χ1v) is 8.77. The number of hydrogen-bond donors (Lipinski definition) is 3. The van der Waals surface area contributed by atoms with Crippen LogP contribution in [0.1, 0.15) is 27.7 Å². The van der Waals surface area contributed by atoms with E-state index in [2.05, 4.69) is 34.7 Å². The molecule has 0 aliphatic heterocycles. The fourth-order valence-corrected chi connectivity index (χ4v) is 2.66. The Balaban J connectivity index is 2.53. The van der Waals surface area contributed by atoms with Crippen LogP contribution in [0.2, 0.25) is 0 Å². The maximum atomic E-state index is 11.4. The lowest BCUT2D eigenvalue weighted by molar-refractivity contribution is -0.125. The number of thioether (sulfide) groups is 1. The van der Waals surface area contributed by atoms with Gasteiger partial charge in [-0.2, -0.15) is 0 Å². The molecule has 0 spiro atoms. The van der Waals surface area contributed by atoms with Gasteiger partial charge in [0.1, 0.15) is 0 Å². The minimum Gasteiger partial charge on any atom is -0.369 e. The van der Waals surface area contributed by atoms with Gasteiger partial charge in [0.05, 0.1) is 12.0 Å². The molecule has 4 N–H and O–H groups in total. The molecule has 0 heterocycles. The van der Waals surface area contributed by atoms with Gasteiger partial charge in [-0.25, -0.2) is 0 Å². The molecule has 0 aromatic heterocycles. The fourth-order valence-electron chi connectivity index (χ4n) is 1.71. The second kappa shape index (κ2) is 9.45. The molecule has 0 radical (unpaired) electrons. The molecular weight excluding hydrogens is 308 g/mol. The van der Waals surface area contributed by atoms with Crippen LogP contribution in [-0.4, -0.2) is 36.8 Å². The van der Waals surface area contributed by atoms with Gasteiger partial charge in [-0.15, -0.1) is 11.8 Å². The smallest absolute Gasteiger partial charge is 0.224 e. The SMILES string of the molecule is CCNC(=NCC(C)(C)C(N)=O)NCC(C)Sc1ccccc1. The Morgan fingerprint density at radius 1 is 1.30 bits per heavy atom. The molecule has 128 valence electrons. The van der Waals surface area contributed by atoms with Crippen molar-refractivity contribution in [3.63, 3.8) is 0 Å². The summed E-state index contributed by atoms with van der Waals surface area (Å²) in [4.78, 5) is 17.1. The molecule has 0 bridgehead atoms. The van der Waals surface area contributed by atoms with Crippen LogP contribution in [-0.2, 0) is 4.79 Å². The van der Waals surface area contributed by atoms with Crippen LogP contribution in [0.15, 0.2) is 40.2 Å². The molecule has 0 aliphatic rings. The van der Waals surface area contributed by atoms with E-state index < -0.39 is 5.41 Å². The van der Waals surface area contributed by atoms with Crippen molar-refractivity contribution in [2.45, 2.75) is 37.8 Å². The van der Waals surface area contributed by atoms with Gasteiger partial charge in [0.2, 0.25) is 5.91 Å². The first-order chi connectivity index (χ1) is 10.8. The summed E-state index contributed by atoms with van der Waals surface area (Å²) < 4.78 is 0. The van der Waals surface area contributed by atoms with Crippen molar-refractivity contribution < 1.29 is 4.79 Å². The summed E-state index contributed by atoms with van der Waals surface area (Å²) in [6.07, 6.45) is 0. The topological polar surface area (TPSA) is 79.5 Å². The lowest BCUT2D eigenvalue weighted by Gasteiger charge is -2.20. The third-order valence-electron chi connectivity index (χ3n) is 3.28. The van der Waals surface area contributed by atoms with Crippen LogP contribution >= 0.6 is 11.8 Å². The zero-order valence-electron chi connectivity index (χ0n) is 14.4. The van der Waals surface area contributed by atoms with Gasteiger partial charge in [-0.3, -0.25) is 9.79 Å². The Morgan fingerprint density at radius 2 is 1.96 bits per heavy atom. The summed E-state index contributed by atoms with van der Waals surface area (Å²) in [7, 11) is 0. The molecule has 1 atom stereocenters. The van der Waals surface area contributed by atoms with Crippen LogP contribution in [0.5, 0.6) is 0 Å². The zero-order valence-corrected chi connectivity index (χ0v) is 15.2. The number of aliphatic imine (C=N–C) groups is 1. The van der Waals surface area contributed by atoms with Crippen LogP contribution in [0, 0.1) is 5.41 Å². The van der Waals surface area contributed by atoms with Gasteiger partial charge < -0.3 is 16.4 Å². The molecule has 0 aliphatic carbocycles. The van der Waals surface area contributed by atoms with Crippen molar-refractivity contribution in [3.8, 4) is 0 Å². The number of nitrogens with zero attached hydrogens (tertiary/aromatic N) is 1. The van der Waals surface area contributed by atoms with Crippen molar-refractivity contribution >= 4 is 23.6 Å². The number of amides is 1. The standard InChI is InChI=1S/C17H28N4OS/c1-5-19-16(21-12-17(3,4)15(18)22)20-11-13(2)23-14-9-7-6-8-10-14/h6-10,13H,5,11-12H2,1-4H3,(H2,18,22)(H2,19,20,21). The van der Waals surface area contributed by atoms with Crippen LogP contribution < -0.4 is 16.4 Å². The molecule has 1 aromatic rings. The van der Waals surface area contributed by atoms with Crippen molar-refractivity contribution in [2.24, 2.45) is 16.1 Å². The van der Waals surface area contributed by atoms with Gasteiger partial charge in [-0.05, 0) is 32.9 Å². The van der Waals surface area contributed by atoms with Crippen LogP contribution in [0.4, 0.5) is 0 Å². The number of benzene rings is 1. The van der Waals surface area contributed by atoms with E-state index in [9.17, 15) is 4.79 Å². The van der Waals surface area contributed by atoms with Crippen molar-refractivity contribution in [3.05, 3.63) is 30.3 Å². The van der Waals surface area contributed by atoms with Crippen LogP contribution in [0.25, 0.3) is 0 Å². The van der Waals surface area contributed by atoms with E-state index in [1.807, 2.05) is 36.9 Å². The Morgan fingerprint density at radius 3 is 2.52 bits per heavy atom. The van der Waals surface area contributed by atoms with Crippen LogP contribution in [0.3, 0.4) is 0 Å². The maximum Gasteiger partial charge on any atom is 0.224 e. The van der Waals surface area contributed by atoms with E-state index in [0.29, 0.717) is 17.8 Å². The number of hydrogen-bond acceptors (Lipinski definition) is 3. The highest BCUT2D eigenvalue weighted by Crippen LogP contribution is 2.21. The molecule has 1 amide bonds. The number of nitrogens with one attached hydrogen (secondary N) is 2. The van der Waals surface area contributed by atoms with E-state index in [0.717, 1.165) is 13.1 Å². The summed E-state index contributed by atoms with van der Waals surface area (Å²) in [5.41, 5.74) is 4.74. The third kappa shape index (κ3) is 7.41. The molecule has 23 heavy (non-hydrogen) atoms. The predicted molar refractivity (Wildman–Crippen MR) is 98.7 cm³/mol. The Bertz CT molecular complexity index is 517.